The standard InChI is InChI=1S/C11H14BrN3O3/c12-9-5-14-6-10(15(16)17)11(9)18-8-3-1-7(13)2-4-8/h5-8H,1-4,13H2. The van der Waals surface area contributed by atoms with Gasteiger partial charge in [0.05, 0.1) is 15.5 Å². The summed E-state index contributed by atoms with van der Waals surface area (Å²) in [5.41, 5.74) is 5.70. The van der Waals surface area contributed by atoms with Crippen LogP contribution >= 0.6 is 15.9 Å². The Bertz CT molecular complexity index is 447. The Labute approximate surface area is 113 Å². The van der Waals surface area contributed by atoms with E-state index in [9.17, 15) is 10.1 Å². The van der Waals surface area contributed by atoms with Crippen LogP contribution in [0.1, 0.15) is 25.7 Å². The summed E-state index contributed by atoms with van der Waals surface area (Å²) in [6.45, 7) is 0. The van der Waals surface area contributed by atoms with Gasteiger partial charge in [0.25, 0.3) is 0 Å². The van der Waals surface area contributed by atoms with Crippen LogP contribution in [0, 0.1) is 10.1 Å². The summed E-state index contributed by atoms with van der Waals surface area (Å²) in [5, 5.41) is 10.9. The second kappa shape index (κ2) is 5.62. The monoisotopic (exact) mass is 315 g/mol. The van der Waals surface area contributed by atoms with Crippen molar-refractivity contribution in [3.05, 3.63) is 27.0 Å². The molecule has 0 unspecified atom stereocenters. The van der Waals surface area contributed by atoms with E-state index in [4.69, 9.17) is 10.5 Å². The highest BCUT2D eigenvalue weighted by atomic mass is 79.9. The maximum Gasteiger partial charge on any atom is 0.330 e. The van der Waals surface area contributed by atoms with E-state index in [-0.39, 0.29) is 23.6 Å². The van der Waals surface area contributed by atoms with Crippen LogP contribution in [-0.2, 0) is 0 Å². The Morgan fingerprint density at radius 1 is 1.39 bits per heavy atom. The van der Waals surface area contributed by atoms with Crippen LogP contribution in [0.3, 0.4) is 0 Å². The zero-order valence-electron chi connectivity index (χ0n) is 9.71. The average molecular weight is 316 g/mol. The Balaban J connectivity index is 2.15. The number of pyridine rings is 1. The van der Waals surface area contributed by atoms with Gasteiger partial charge in [0.1, 0.15) is 6.20 Å². The third-order valence-corrected chi connectivity index (χ3v) is 3.60. The molecule has 6 nitrogen and oxygen atoms in total. The maximum atomic E-state index is 10.9. The summed E-state index contributed by atoms with van der Waals surface area (Å²) in [6.07, 6.45) is 6.12. The molecule has 1 aliphatic carbocycles. The third kappa shape index (κ3) is 2.97. The summed E-state index contributed by atoms with van der Waals surface area (Å²) in [4.78, 5) is 14.2. The molecule has 1 fully saturated rings. The molecule has 0 saturated heterocycles. The highest BCUT2D eigenvalue weighted by Gasteiger charge is 2.25. The number of nitrogens with two attached hydrogens (primary N) is 1. The molecular formula is C11H14BrN3O3. The van der Waals surface area contributed by atoms with Gasteiger partial charge in [0.15, 0.2) is 0 Å². The molecule has 0 aromatic carbocycles. The van der Waals surface area contributed by atoms with E-state index in [1.807, 2.05) is 0 Å². The largest absolute Gasteiger partial charge is 0.483 e. The first-order chi connectivity index (χ1) is 8.58. The first-order valence-corrected chi connectivity index (χ1v) is 6.57. The molecule has 1 aromatic rings. The van der Waals surface area contributed by atoms with Crippen molar-refractivity contribution in [1.29, 1.82) is 0 Å². The minimum Gasteiger partial charge on any atom is -0.483 e. The highest BCUT2D eigenvalue weighted by molar-refractivity contribution is 9.10. The third-order valence-electron chi connectivity index (χ3n) is 3.03. The van der Waals surface area contributed by atoms with E-state index >= 15 is 0 Å². The molecule has 1 aliphatic rings. The Hall–Kier alpha value is -1.21. The van der Waals surface area contributed by atoms with Crippen LogP contribution in [0.4, 0.5) is 5.69 Å². The predicted octanol–water partition coefficient (Wildman–Crippen LogP) is 2.40. The smallest absolute Gasteiger partial charge is 0.330 e. The second-order valence-electron chi connectivity index (χ2n) is 4.38. The molecular weight excluding hydrogens is 302 g/mol. The van der Waals surface area contributed by atoms with Crippen LogP contribution in [0.15, 0.2) is 16.9 Å². The fourth-order valence-corrected chi connectivity index (χ4v) is 2.45. The predicted molar refractivity (Wildman–Crippen MR) is 69.5 cm³/mol. The Morgan fingerprint density at radius 3 is 2.67 bits per heavy atom. The molecule has 2 rings (SSSR count). The molecule has 98 valence electrons. The van der Waals surface area contributed by atoms with Gasteiger partial charge < -0.3 is 10.5 Å². The molecule has 18 heavy (non-hydrogen) atoms. The quantitative estimate of drug-likeness (QED) is 0.683. The van der Waals surface area contributed by atoms with Crippen LogP contribution in [0.25, 0.3) is 0 Å². The normalized spacial score (nSPS) is 23.7. The van der Waals surface area contributed by atoms with Crippen molar-refractivity contribution in [1.82, 2.24) is 4.98 Å². The number of nitrogens with zero attached hydrogens (tertiary/aromatic N) is 2. The van der Waals surface area contributed by atoms with Gasteiger partial charge in [0, 0.05) is 12.2 Å². The molecule has 0 amide bonds. The lowest BCUT2D eigenvalue weighted by Crippen LogP contribution is -2.31. The van der Waals surface area contributed by atoms with Gasteiger partial charge in [0.2, 0.25) is 5.75 Å². The molecule has 0 bridgehead atoms. The van der Waals surface area contributed by atoms with Crippen LogP contribution in [-0.4, -0.2) is 22.1 Å². The molecule has 2 N–H and O–H groups in total. The van der Waals surface area contributed by atoms with E-state index in [0.29, 0.717) is 4.47 Å². The summed E-state index contributed by atoms with van der Waals surface area (Å²) in [7, 11) is 0. The molecule has 0 aliphatic heterocycles. The Kier molecular flexibility index (Phi) is 4.13. The zero-order valence-corrected chi connectivity index (χ0v) is 11.3. The van der Waals surface area contributed by atoms with Gasteiger partial charge in [-0.1, -0.05) is 0 Å². The van der Waals surface area contributed by atoms with Gasteiger partial charge in [-0.3, -0.25) is 15.1 Å². The van der Waals surface area contributed by atoms with Crippen LogP contribution < -0.4 is 10.5 Å². The van der Waals surface area contributed by atoms with Crippen LogP contribution in [0.5, 0.6) is 5.75 Å². The number of hydrogen-bond acceptors (Lipinski definition) is 5. The molecule has 1 saturated carbocycles. The highest BCUT2D eigenvalue weighted by Crippen LogP contribution is 2.36. The summed E-state index contributed by atoms with van der Waals surface area (Å²) >= 11 is 3.24. The summed E-state index contributed by atoms with van der Waals surface area (Å²) < 4.78 is 6.25. The van der Waals surface area contributed by atoms with E-state index in [1.54, 1.807) is 0 Å². The average Bonchev–Trinajstić information content (AvgIpc) is 2.34. The van der Waals surface area contributed by atoms with E-state index < -0.39 is 4.92 Å². The second-order valence-corrected chi connectivity index (χ2v) is 5.24. The lowest BCUT2D eigenvalue weighted by atomic mass is 9.94. The molecule has 1 heterocycles. The van der Waals surface area contributed by atoms with Crippen molar-refractivity contribution in [2.24, 2.45) is 5.73 Å². The van der Waals surface area contributed by atoms with Gasteiger partial charge in [-0.05, 0) is 41.6 Å². The maximum absolute atomic E-state index is 10.9. The molecule has 0 atom stereocenters. The zero-order chi connectivity index (χ0) is 13.1. The molecule has 0 radical (unpaired) electrons. The first-order valence-electron chi connectivity index (χ1n) is 5.78. The van der Waals surface area contributed by atoms with Crippen molar-refractivity contribution in [3.63, 3.8) is 0 Å². The van der Waals surface area contributed by atoms with Gasteiger partial charge in [-0.25, -0.2) is 0 Å². The van der Waals surface area contributed by atoms with Gasteiger partial charge in [-0.15, -0.1) is 0 Å². The topological polar surface area (TPSA) is 91.3 Å². The number of ether oxygens (including phenoxy) is 1. The minimum atomic E-state index is -0.484. The number of halogens is 1. The van der Waals surface area contributed by atoms with Crippen LogP contribution in [0.2, 0.25) is 0 Å². The lowest BCUT2D eigenvalue weighted by molar-refractivity contribution is -0.386. The number of nitro groups is 1. The van der Waals surface area contributed by atoms with Crippen molar-refractivity contribution in [2.45, 2.75) is 37.8 Å². The number of hydrogen-bond donors (Lipinski definition) is 1. The molecule has 7 heteroatoms. The number of rotatable bonds is 3. The van der Waals surface area contributed by atoms with Gasteiger partial charge in [-0.2, -0.15) is 0 Å². The van der Waals surface area contributed by atoms with Crippen molar-refractivity contribution in [3.8, 4) is 5.75 Å². The fraction of sp³-hybridized carbons (Fsp3) is 0.545. The van der Waals surface area contributed by atoms with E-state index in [2.05, 4.69) is 20.9 Å². The van der Waals surface area contributed by atoms with Crippen molar-refractivity contribution in [2.75, 3.05) is 0 Å². The van der Waals surface area contributed by atoms with Crippen molar-refractivity contribution >= 4 is 21.6 Å². The number of aromatic nitrogens is 1. The van der Waals surface area contributed by atoms with E-state index in [0.717, 1.165) is 25.7 Å². The molecule has 0 spiro atoms. The molecule has 1 aromatic heterocycles. The fourth-order valence-electron chi connectivity index (χ4n) is 2.03. The van der Waals surface area contributed by atoms with Crippen molar-refractivity contribution < 1.29 is 9.66 Å². The Morgan fingerprint density at radius 2 is 2.06 bits per heavy atom. The SMILES string of the molecule is NC1CCC(Oc2c(Br)cncc2[N+](=O)[O-])CC1. The van der Waals surface area contributed by atoms with E-state index in [1.165, 1.54) is 12.4 Å². The van der Waals surface area contributed by atoms with Gasteiger partial charge >= 0.3 is 5.69 Å². The summed E-state index contributed by atoms with van der Waals surface area (Å²) in [6, 6.07) is 0.223. The summed E-state index contributed by atoms with van der Waals surface area (Å²) in [5.74, 6) is 0.260. The first kappa shape index (κ1) is 13.2. The lowest BCUT2D eigenvalue weighted by Gasteiger charge is -2.26. The minimum absolute atomic E-state index is 0.0119.